The predicted molar refractivity (Wildman–Crippen MR) is 55.7 cm³/mol. The van der Waals surface area contributed by atoms with Crippen LogP contribution in [0, 0.1) is 0 Å². The Morgan fingerprint density at radius 3 is 3.07 bits per heavy atom. The summed E-state index contributed by atoms with van der Waals surface area (Å²) in [6.07, 6.45) is 5.41. The van der Waals surface area contributed by atoms with E-state index < -0.39 is 0 Å². The molecule has 1 aliphatic heterocycles. The molecule has 2 aliphatic rings. The molecule has 0 saturated heterocycles. The molecule has 0 radical (unpaired) electrons. The summed E-state index contributed by atoms with van der Waals surface area (Å²) in [6.45, 7) is 1.99. The molecule has 0 spiro atoms. The topological polar surface area (TPSA) is 38.2 Å². The predicted octanol–water partition coefficient (Wildman–Crippen LogP) is 1.01. The highest BCUT2D eigenvalue weighted by atomic mass is 16.5. The van der Waals surface area contributed by atoms with Gasteiger partial charge in [-0.25, -0.2) is 9.97 Å². The molecule has 0 unspecified atom stereocenters. The fourth-order valence-corrected chi connectivity index (χ4v) is 1.90. The third kappa shape index (κ3) is 1.81. The van der Waals surface area contributed by atoms with Crippen LogP contribution in [0.3, 0.4) is 0 Å². The Morgan fingerprint density at radius 2 is 2.27 bits per heavy atom. The Balaban J connectivity index is 1.90. The van der Waals surface area contributed by atoms with Gasteiger partial charge in [0.2, 0.25) is 5.88 Å². The van der Waals surface area contributed by atoms with Gasteiger partial charge in [-0.1, -0.05) is 0 Å². The van der Waals surface area contributed by atoms with Crippen LogP contribution < -0.4 is 4.74 Å². The average Bonchev–Trinajstić information content (AvgIpc) is 3.01. The van der Waals surface area contributed by atoms with E-state index in [2.05, 4.69) is 21.9 Å². The van der Waals surface area contributed by atoms with E-state index in [9.17, 15) is 0 Å². The van der Waals surface area contributed by atoms with Crippen molar-refractivity contribution >= 4 is 0 Å². The van der Waals surface area contributed by atoms with Crippen LogP contribution >= 0.6 is 0 Å². The Morgan fingerprint density at radius 1 is 1.40 bits per heavy atom. The van der Waals surface area contributed by atoms with Crippen LogP contribution in [0.15, 0.2) is 6.33 Å². The Bertz CT molecular complexity index is 376. The zero-order valence-corrected chi connectivity index (χ0v) is 8.94. The van der Waals surface area contributed by atoms with Crippen molar-refractivity contribution in [1.82, 2.24) is 14.9 Å². The van der Waals surface area contributed by atoms with Gasteiger partial charge in [0, 0.05) is 18.7 Å². The minimum Gasteiger partial charge on any atom is -0.474 e. The summed E-state index contributed by atoms with van der Waals surface area (Å²) in [5.74, 6) is 0.829. The summed E-state index contributed by atoms with van der Waals surface area (Å²) in [5, 5.41) is 0. The molecule has 1 aromatic rings. The van der Waals surface area contributed by atoms with E-state index in [4.69, 9.17) is 4.74 Å². The molecule has 3 rings (SSSR count). The SMILES string of the molecule is CN1CCc2c(ncnc2OC2CC2)C1. The molecule has 0 amide bonds. The van der Waals surface area contributed by atoms with E-state index in [1.54, 1.807) is 6.33 Å². The highest BCUT2D eigenvalue weighted by Gasteiger charge is 2.27. The molecule has 1 aliphatic carbocycles. The zero-order valence-electron chi connectivity index (χ0n) is 8.94. The van der Waals surface area contributed by atoms with Crippen molar-refractivity contribution in [2.24, 2.45) is 0 Å². The molecule has 4 heteroatoms. The van der Waals surface area contributed by atoms with E-state index in [-0.39, 0.29) is 0 Å². The van der Waals surface area contributed by atoms with Crippen LogP contribution in [-0.4, -0.2) is 34.6 Å². The molecule has 80 valence electrons. The minimum atomic E-state index is 0.420. The van der Waals surface area contributed by atoms with Crippen LogP contribution in [0.1, 0.15) is 24.1 Å². The number of ether oxygens (including phenoxy) is 1. The molecule has 1 aromatic heterocycles. The van der Waals surface area contributed by atoms with E-state index in [1.165, 1.54) is 18.4 Å². The van der Waals surface area contributed by atoms with E-state index in [0.29, 0.717) is 6.10 Å². The van der Waals surface area contributed by atoms with Gasteiger partial charge < -0.3 is 9.64 Å². The number of hydrogen-bond donors (Lipinski definition) is 0. The minimum absolute atomic E-state index is 0.420. The smallest absolute Gasteiger partial charge is 0.220 e. The van der Waals surface area contributed by atoms with Crippen LogP contribution in [-0.2, 0) is 13.0 Å². The molecule has 1 saturated carbocycles. The van der Waals surface area contributed by atoms with Gasteiger partial charge in [-0.15, -0.1) is 0 Å². The van der Waals surface area contributed by atoms with Gasteiger partial charge in [-0.05, 0) is 26.3 Å². The first-order valence-corrected chi connectivity index (χ1v) is 5.51. The zero-order chi connectivity index (χ0) is 10.3. The van der Waals surface area contributed by atoms with Crippen molar-refractivity contribution in [3.05, 3.63) is 17.6 Å². The maximum absolute atomic E-state index is 5.79. The number of hydrogen-bond acceptors (Lipinski definition) is 4. The van der Waals surface area contributed by atoms with Crippen molar-refractivity contribution in [2.75, 3.05) is 13.6 Å². The first kappa shape index (κ1) is 9.09. The fourth-order valence-electron chi connectivity index (χ4n) is 1.90. The summed E-state index contributed by atoms with van der Waals surface area (Å²) in [5.41, 5.74) is 2.36. The second kappa shape index (κ2) is 3.45. The van der Waals surface area contributed by atoms with Crippen molar-refractivity contribution in [3.63, 3.8) is 0 Å². The average molecular weight is 205 g/mol. The number of nitrogens with zero attached hydrogens (tertiary/aromatic N) is 3. The molecule has 2 heterocycles. The molecule has 0 atom stereocenters. The lowest BCUT2D eigenvalue weighted by molar-refractivity contribution is 0.268. The molecular formula is C11H15N3O. The molecule has 0 aromatic carbocycles. The fraction of sp³-hybridized carbons (Fsp3) is 0.636. The molecule has 15 heavy (non-hydrogen) atoms. The standard InChI is InChI=1S/C11H15N3O/c1-14-5-4-9-10(6-14)12-7-13-11(9)15-8-2-3-8/h7-8H,2-6H2,1H3. The van der Waals surface area contributed by atoms with Gasteiger partial charge >= 0.3 is 0 Å². The number of rotatable bonds is 2. The highest BCUT2D eigenvalue weighted by Crippen LogP contribution is 2.30. The first-order valence-electron chi connectivity index (χ1n) is 5.51. The Hall–Kier alpha value is -1.16. The maximum atomic E-state index is 5.79. The van der Waals surface area contributed by atoms with Crippen molar-refractivity contribution in [2.45, 2.75) is 31.9 Å². The van der Waals surface area contributed by atoms with Crippen molar-refractivity contribution in [3.8, 4) is 5.88 Å². The lowest BCUT2D eigenvalue weighted by Gasteiger charge is -2.24. The normalized spacial score (nSPS) is 21.1. The maximum Gasteiger partial charge on any atom is 0.220 e. The van der Waals surface area contributed by atoms with Crippen molar-refractivity contribution < 1.29 is 4.74 Å². The van der Waals surface area contributed by atoms with E-state index in [0.717, 1.165) is 31.1 Å². The van der Waals surface area contributed by atoms with Gasteiger partial charge in [-0.3, -0.25) is 0 Å². The molecule has 4 nitrogen and oxygen atoms in total. The van der Waals surface area contributed by atoms with Crippen LogP contribution in [0.4, 0.5) is 0 Å². The van der Waals surface area contributed by atoms with Crippen molar-refractivity contribution in [1.29, 1.82) is 0 Å². The third-order valence-corrected chi connectivity index (χ3v) is 2.96. The lowest BCUT2D eigenvalue weighted by atomic mass is 10.1. The number of likely N-dealkylation sites (N-methyl/N-ethyl adjacent to an activating group) is 1. The summed E-state index contributed by atoms with van der Waals surface area (Å²) in [6, 6.07) is 0. The van der Waals surface area contributed by atoms with Gasteiger partial charge in [0.15, 0.2) is 0 Å². The largest absolute Gasteiger partial charge is 0.474 e. The van der Waals surface area contributed by atoms with Gasteiger partial charge in [0.25, 0.3) is 0 Å². The summed E-state index contributed by atoms with van der Waals surface area (Å²) in [7, 11) is 2.12. The Labute approximate surface area is 89.3 Å². The van der Waals surface area contributed by atoms with Crippen LogP contribution in [0.5, 0.6) is 5.88 Å². The number of fused-ring (bicyclic) bond motifs is 1. The highest BCUT2D eigenvalue weighted by molar-refractivity contribution is 5.32. The third-order valence-electron chi connectivity index (χ3n) is 2.96. The quantitative estimate of drug-likeness (QED) is 0.722. The van der Waals surface area contributed by atoms with E-state index in [1.807, 2.05) is 0 Å². The monoisotopic (exact) mass is 205 g/mol. The molecule has 1 fully saturated rings. The molecule has 0 bridgehead atoms. The Kier molecular flexibility index (Phi) is 2.09. The lowest BCUT2D eigenvalue weighted by Crippen LogP contribution is -2.28. The summed E-state index contributed by atoms with van der Waals surface area (Å²) in [4.78, 5) is 10.8. The van der Waals surface area contributed by atoms with E-state index >= 15 is 0 Å². The van der Waals surface area contributed by atoms with Crippen LogP contribution in [0.2, 0.25) is 0 Å². The van der Waals surface area contributed by atoms with Gasteiger partial charge in [0.05, 0.1) is 5.69 Å². The molecular weight excluding hydrogens is 190 g/mol. The van der Waals surface area contributed by atoms with Gasteiger partial charge in [-0.2, -0.15) is 0 Å². The second-order valence-electron chi connectivity index (χ2n) is 4.41. The second-order valence-corrected chi connectivity index (χ2v) is 4.41. The summed E-state index contributed by atoms with van der Waals surface area (Å²) < 4.78 is 5.79. The first-order chi connectivity index (χ1) is 7.33. The van der Waals surface area contributed by atoms with Gasteiger partial charge in [0.1, 0.15) is 12.4 Å². The molecule has 0 N–H and O–H groups in total. The number of aromatic nitrogens is 2. The van der Waals surface area contributed by atoms with Crippen LogP contribution in [0.25, 0.3) is 0 Å². The summed E-state index contributed by atoms with van der Waals surface area (Å²) >= 11 is 0.